The van der Waals surface area contributed by atoms with Crippen LogP contribution in [0.1, 0.15) is 38.2 Å². The Kier molecular flexibility index (Phi) is 6.11. The molecule has 3 saturated heterocycles. The van der Waals surface area contributed by atoms with Crippen molar-refractivity contribution >= 4 is 29.1 Å². The highest BCUT2D eigenvalue weighted by molar-refractivity contribution is 6.00. The largest absolute Gasteiger partial charge is 0.340 e. The van der Waals surface area contributed by atoms with Gasteiger partial charge < -0.3 is 16.0 Å². The molecule has 4 rings (SSSR count). The smallest absolute Gasteiger partial charge is 0.271 e. The number of anilines is 1. The molecule has 1 aromatic rings. The summed E-state index contributed by atoms with van der Waals surface area (Å²) in [4.78, 5) is 51.3. The van der Waals surface area contributed by atoms with Gasteiger partial charge in [-0.1, -0.05) is 12.5 Å². The van der Waals surface area contributed by atoms with Gasteiger partial charge in [-0.3, -0.25) is 34.7 Å². The Morgan fingerprint density at radius 3 is 2.75 bits per heavy atom. The van der Waals surface area contributed by atoms with Gasteiger partial charge in [-0.25, -0.2) is 0 Å². The zero-order chi connectivity index (χ0) is 23.0. The number of carbonyl (C=O) groups is 3. The lowest BCUT2D eigenvalue weighted by molar-refractivity contribution is -0.384. The van der Waals surface area contributed by atoms with Crippen LogP contribution in [0.25, 0.3) is 0 Å². The Labute approximate surface area is 185 Å². The van der Waals surface area contributed by atoms with Gasteiger partial charge in [0.15, 0.2) is 0 Å². The Morgan fingerprint density at radius 2 is 2.03 bits per heavy atom. The summed E-state index contributed by atoms with van der Waals surface area (Å²) in [5.41, 5.74) is 0.780. The summed E-state index contributed by atoms with van der Waals surface area (Å²) in [7, 11) is 0. The Morgan fingerprint density at radius 1 is 1.25 bits per heavy atom. The standard InChI is InChI=1S/C21H28N6O5/c1-11-6-7-13(27(31)32)9-15(11)22-19(29)14-10-16(28)23-18-17(14)20(30)25-21(24-18)26-8-4-3-5-12(26)2/h6-7,9,12,14,17-18,21,24H,3-5,8,10H2,1-2H3,(H,22,29)(H,23,28)(H,25,30). The predicted molar refractivity (Wildman–Crippen MR) is 115 cm³/mol. The van der Waals surface area contributed by atoms with Crippen LogP contribution >= 0.6 is 0 Å². The highest BCUT2D eigenvalue weighted by Crippen LogP contribution is 2.30. The van der Waals surface area contributed by atoms with Crippen molar-refractivity contribution in [1.82, 2.24) is 20.9 Å². The summed E-state index contributed by atoms with van der Waals surface area (Å²) < 4.78 is 0. The third kappa shape index (κ3) is 4.30. The molecule has 3 fully saturated rings. The van der Waals surface area contributed by atoms with E-state index < -0.39 is 35.1 Å². The average molecular weight is 444 g/mol. The van der Waals surface area contributed by atoms with Crippen molar-refractivity contribution in [2.45, 2.75) is 58.0 Å². The molecule has 0 aromatic heterocycles. The minimum atomic E-state index is -0.903. The van der Waals surface area contributed by atoms with E-state index in [0.29, 0.717) is 5.56 Å². The number of aryl methyl sites for hydroxylation is 1. The molecule has 3 aliphatic rings. The van der Waals surface area contributed by atoms with Crippen LogP contribution in [0, 0.1) is 28.9 Å². The zero-order valence-corrected chi connectivity index (χ0v) is 18.1. The molecule has 0 bridgehead atoms. The third-order valence-corrected chi connectivity index (χ3v) is 6.65. The SMILES string of the molecule is Cc1ccc([N+](=O)[O-])cc1NC(=O)C1CC(=O)NC2NC(N3CCCCC3C)NC(=O)C21. The third-order valence-electron chi connectivity index (χ3n) is 6.65. The van der Waals surface area contributed by atoms with Crippen LogP contribution in [0.15, 0.2) is 18.2 Å². The first-order valence-corrected chi connectivity index (χ1v) is 10.9. The zero-order valence-electron chi connectivity index (χ0n) is 18.1. The normalized spacial score (nSPS) is 30.6. The van der Waals surface area contributed by atoms with Crippen molar-refractivity contribution in [1.29, 1.82) is 0 Å². The first kappa shape index (κ1) is 22.2. The summed E-state index contributed by atoms with van der Waals surface area (Å²) in [5.74, 6) is -2.83. The second kappa shape index (κ2) is 8.83. The van der Waals surface area contributed by atoms with Crippen molar-refractivity contribution in [2.75, 3.05) is 11.9 Å². The van der Waals surface area contributed by atoms with Crippen molar-refractivity contribution in [2.24, 2.45) is 11.8 Å². The van der Waals surface area contributed by atoms with Crippen LogP contribution < -0.4 is 21.3 Å². The maximum Gasteiger partial charge on any atom is 0.271 e. The van der Waals surface area contributed by atoms with E-state index in [1.807, 2.05) is 0 Å². The summed E-state index contributed by atoms with van der Waals surface area (Å²) in [5, 5.41) is 22.8. The van der Waals surface area contributed by atoms with Crippen LogP contribution in [0.3, 0.4) is 0 Å². The Bertz CT molecular complexity index is 953. The quantitative estimate of drug-likeness (QED) is 0.397. The van der Waals surface area contributed by atoms with E-state index in [9.17, 15) is 24.5 Å². The number of carbonyl (C=O) groups excluding carboxylic acids is 3. The molecule has 32 heavy (non-hydrogen) atoms. The second-order valence-electron chi connectivity index (χ2n) is 8.79. The molecular weight excluding hydrogens is 416 g/mol. The molecule has 4 N–H and O–H groups in total. The molecular formula is C21H28N6O5. The van der Waals surface area contributed by atoms with Gasteiger partial charge in [0, 0.05) is 31.1 Å². The topological polar surface area (TPSA) is 146 Å². The number of piperidine rings is 2. The molecule has 172 valence electrons. The fourth-order valence-electron chi connectivity index (χ4n) is 4.83. The number of likely N-dealkylation sites (tertiary alicyclic amines) is 1. The van der Waals surface area contributed by atoms with E-state index in [0.717, 1.165) is 25.8 Å². The number of benzene rings is 1. The highest BCUT2D eigenvalue weighted by atomic mass is 16.6. The van der Waals surface area contributed by atoms with Crippen LogP contribution in [0.2, 0.25) is 0 Å². The van der Waals surface area contributed by atoms with Gasteiger partial charge in [-0.15, -0.1) is 0 Å². The summed E-state index contributed by atoms with van der Waals surface area (Å²) in [6.07, 6.45) is 1.97. The van der Waals surface area contributed by atoms with Gasteiger partial charge in [0.2, 0.25) is 17.7 Å². The van der Waals surface area contributed by atoms with Crippen LogP contribution in [-0.2, 0) is 14.4 Å². The van der Waals surface area contributed by atoms with Crippen molar-refractivity contribution < 1.29 is 19.3 Å². The molecule has 11 nitrogen and oxygen atoms in total. The molecule has 3 heterocycles. The molecule has 0 saturated carbocycles. The molecule has 0 aliphatic carbocycles. The van der Waals surface area contributed by atoms with Crippen molar-refractivity contribution in [3.8, 4) is 0 Å². The Balaban J connectivity index is 1.52. The number of hydrogen-bond acceptors (Lipinski definition) is 7. The molecule has 5 unspecified atom stereocenters. The van der Waals surface area contributed by atoms with Gasteiger partial charge >= 0.3 is 0 Å². The van der Waals surface area contributed by atoms with E-state index in [4.69, 9.17) is 0 Å². The average Bonchev–Trinajstić information content (AvgIpc) is 2.74. The van der Waals surface area contributed by atoms with E-state index in [1.165, 1.54) is 12.1 Å². The van der Waals surface area contributed by atoms with Crippen molar-refractivity contribution in [3.05, 3.63) is 33.9 Å². The highest BCUT2D eigenvalue weighted by Gasteiger charge is 2.49. The number of nitrogens with one attached hydrogen (secondary N) is 4. The van der Waals surface area contributed by atoms with E-state index in [-0.39, 0.29) is 35.7 Å². The molecule has 1 aromatic carbocycles. The molecule has 3 amide bonds. The number of nitro benzene ring substituents is 1. The van der Waals surface area contributed by atoms with Gasteiger partial charge in [0.25, 0.3) is 5.69 Å². The first-order chi connectivity index (χ1) is 15.2. The van der Waals surface area contributed by atoms with Gasteiger partial charge in [-0.05, 0) is 32.3 Å². The molecule has 0 spiro atoms. The summed E-state index contributed by atoms with van der Waals surface area (Å²) in [6.45, 7) is 4.66. The fourth-order valence-corrected chi connectivity index (χ4v) is 4.83. The van der Waals surface area contributed by atoms with Crippen LogP contribution in [0.5, 0.6) is 0 Å². The monoisotopic (exact) mass is 444 g/mol. The maximum atomic E-state index is 13.1. The number of fused-ring (bicyclic) bond motifs is 1. The fraction of sp³-hybridized carbons (Fsp3) is 0.571. The number of hydrogen-bond donors (Lipinski definition) is 4. The molecule has 5 atom stereocenters. The summed E-state index contributed by atoms with van der Waals surface area (Å²) >= 11 is 0. The lowest BCUT2D eigenvalue weighted by Crippen LogP contribution is -2.75. The van der Waals surface area contributed by atoms with E-state index in [1.54, 1.807) is 13.0 Å². The summed E-state index contributed by atoms with van der Waals surface area (Å²) in [6, 6.07) is 4.47. The predicted octanol–water partition coefficient (Wildman–Crippen LogP) is 0.798. The van der Waals surface area contributed by atoms with E-state index >= 15 is 0 Å². The molecule has 0 radical (unpaired) electrons. The van der Waals surface area contributed by atoms with E-state index in [2.05, 4.69) is 33.1 Å². The lowest BCUT2D eigenvalue weighted by atomic mass is 9.81. The number of amides is 3. The number of rotatable bonds is 4. The maximum absolute atomic E-state index is 13.1. The van der Waals surface area contributed by atoms with Gasteiger partial charge in [0.1, 0.15) is 6.29 Å². The lowest BCUT2D eigenvalue weighted by Gasteiger charge is -2.48. The number of nitro groups is 1. The number of non-ortho nitro benzene ring substituents is 1. The minimum absolute atomic E-state index is 0.138. The van der Waals surface area contributed by atoms with Crippen LogP contribution in [0.4, 0.5) is 11.4 Å². The first-order valence-electron chi connectivity index (χ1n) is 10.9. The van der Waals surface area contributed by atoms with Gasteiger partial charge in [0.05, 0.1) is 28.6 Å². The number of nitrogens with zero attached hydrogens (tertiary/aromatic N) is 2. The van der Waals surface area contributed by atoms with Crippen LogP contribution in [-0.4, -0.2) is 52.6 Å². The Hall–Kier alpha value is -3.05. The molecule has 11 heteroatoms. The van der Waals surface area contributed by atoms with Gasteiger partial charge in [-0.2, -0.15) is 0 Å². The van der Waals surface area contributed by atoms with Crippen molar-refractivity contribution in [3.63, 3.8) is 0 Å². The second-order valence-corrected chi connectivity index (χ2v) is 8.79. The minimum Gasteiger partial charge on any atom is -0.340 e. The molecule has 3 aliphatic heterocycles.